The van der Waals surface area contributed by atoms with Gasteiger partial charge in [-0.05, 0) is 12.1 Å². The quantitative estimate of drug-likeness (QED) is 0.379. The molecule has 1 aromatic carbocycles. The van der Waals surface area contributed by atoms with E-state index in [1.165, 1.54) is 6.07 Å². The number of nitrogens with two attached hydrogens (primary N) is 1. The molecule has 0 saturated carbocycles. The van der Waals surface area contributed by atoms with Crippen molar-refractivity contribution < 1.29 is 9.90 Å². The third-order valence-electron chi connectivity index (χ3n) is 1.22. The lowest BCUT2D eigenvalue weighted by Gasteiger charge is -2.06. The van der Waals surface area contributed by atoms with Crippen LogP contribution in [0.25, 0.3) is 0 Å². The van der Waals surface area contributed by atoms with Crippen LogP contribution in [0.2, 0.25) is 0 Å². The summed E-state index contributed by atoms with van der Waals surface area (Å²) in [6, 6.07) is 5.77. The Morgan fingerprint density at radius 3 is 2.67 bits per heavy atom. The molecule has 0 aromatic heterocycles. The summed E-state index contributed by atoms with van der Waals surface area (Å²) in [7, 11) is 0. The van der Waals surface area contributed by atoms with Crippen molar-refractivity contribution in [2.45, 2.75) is 0 Å². The van der Waals surface area contributed by atoms with Crippen molar-refractivity contribution in [1.29, 1.82) is 0 Å². The van der Waals surface area contributed by atoms with Gasteiger partial charge in [-0.25, -0.2) is 4.79 Å². The number of primary amides is 1. The zero-order valence-electron chi connectivity index (χ0n) is 6.24. The first kappa shape index (κ1) is 8.19. The van der Waals surface area contributed by atoms with Crippen molar-refractivity contribution in [3.05, 3.63) is 24.3 Å². The molecule has 0 fully saturated rings. The van der Waals surface area contributed by atoms with E-state index in [0.717, 1.165) is 0 Å². The first-order valence-corrected chi connectivity index (χ1v) is 3.29. The zero-order chi connectivity index (χ0) is 8.97. The molecule has 64 valence electrons. The Bertz CT molecular complexity index is 288. The molecule has 0 aliphatic heterocycles. The highest BCUT2D eigenvalue weighted by Gasteiger charge is 1.97. The molecule has 0 spiro atoms. The van der Waals surface area contributed by atoms with Crippen molar-refractivity contribution in [2.75, 3.05) is 5.43 Å². The summed E-state index contributed by atoms with van der Waals surface area (Å²) in [6.45, 7) is 0. The minimum atomic E-state index is -0.710. The Balaban J connectivity index is 2.63. The second-order valence-corrected chi connectivity index (χ2v) is 2.13. The molecule has 1 aromatic rings. The van der Waals surface area contributed by atoms with Gasteiger partial charge in [-0.15, -0.1) is 0 Å². The molecule has 5 nitrogen and oxygen atoms in total. The Labute approximate surface area is 69.2 Å². The summed E-state index contributed by atoms with van der Waals surface area (Å²) in [4.78, 5) is 10.3. The number of hydrazine groups is 1. The highest BCUT2D eigenvalue weighted by atomic mass is 16.3. The van der Waals surface area contributed by atoms with Gasteiger partial charge in [0.25, 0.3) is 0 Å². The molecule has 0 unspecified atom stereocenters. The molecule has 0 heterocycles. The monoisotopic (exact) mass is 167 g/mol. The van der Waals surface area contributed by atoms with E-state index in [1.54, 1.807) is 18.2 Å². The van der Waals surface area contributed by atoms with Crippen LogP contribution in [0.3, 0.4) is 0 Å². The van der Waals surface area contributed by atoms with Crippen molar-refractivity contribution in [3.8, 4) is 5.75 Å². The number of benzene rings is 1. The number of hydrogen-bond donors (Lipinski definition) is 4. The normalized spacial score (nSPS) is 9.00. The Hall–Kier alpha value is -1.91. The average Bonchev–Trinajstić information content (AvgIpc) is 2.03. The lowest BCUT2D eigenvalue weighted by molar-refractivity contribution is 0.250. The molecule has 0 aliphatic carbocycles. The van der Waals surface area contributed by atoms with E-state index in [0.29, 0.717) is 5.69 Å². The fourth-order valence-electron chi connectivity index (χ4n) is 0.708. The number of para-hydroxylation sites is 2. The van der Waals surface area contributed by atoms with Crippen LogP contribution in [0, 0.1) is 0 Å². The molecule has 0 radical (unpaired) electrons. The van der Waals surface area contributed by atoms with Gasteiger partial charge in [0.1, 0.15) is 5.75 Å². The minimum absolute atomic E-state index is 0.0475. The van der Waals surface area contributed by atoms with E-state index in [-0.39, 0.29) is 5.75 Å². The van der Waals surface area contributed by atoms with Gasteiger partial charge in [0.15, 0.2) is 0 Å². The van der Waals surface area contributed by atoms with Crippen molar-refractivity contribution in [3.63, 3.8) is 0 Å². The molecular weight excluding hydrogens is 158 g/mol. The number of phenolic OH excluding ortho intramolecular Hbond substituents is 1. The molecule has 0 atom stereocenters. The smallest absolute Gasteiger partial charge is 0.330 e. The molecule has 2 amide bonds. The number of rotatable bonds is 2. The molecule has 5 N–H and O–H groups in total. The van der Waals surface area contributed by atoms with Gasteiger partial charge in [-0.3, -0.25) is 10.9 Å². The second kappa shape index (κ2) is 3.47. The number of nitrogens with one attached hydrogen (secondary N) is 2. The summed E-state index contributed by atoms with van der Waals surface area (Å²) in [5, 5.41) is 9.17. The van der Waals surface area contributed by atoms with Crippen molar-refractivity contribution in [2.24, 2.45) is 5.73 Å². The third kappa shape index (κ3) is 2.05. The van der Waals surface area contributed by atoms with Crippen LogP contribution in [0.1, 0.15) is 0 Å². The molecule has 5 heteroatoms. The molecule has 1 rings (SSSR count). The summed E-state index contributed by atoms with van der Waals surface area (Å²) in [5.74, 6) is 0.0475. The van der Waals surface area contributed by atoms with E-state index >= 15 is 0 Å². The SMILES string of the molecule is NC(=O)NNc1ccccc1O. The predicted octanol–water partition coefficient (Wildman–Crippen LogP) is 0.387. The number of amides is 2. The van der Waals surface area contributed by atoms with E-state index in [9.17, 15) is 4.79 Å². The van der Waals surface area contributed by atoms with Gasteiger partial charge < -0.3 is 10.8 Å². The number of urea groups is 1. The molecular formula is C7H9N3O2. The fraction of sp³-hybridized carbons (Fsp3) is 0. The number of phenols is 1. The molecule has 0 bridgehead atoms. The van der Waals surface area contributed by atoms with E-state index in [2.05, 4.69) is 10.9 Å². The maximum Gasteiger partial charge on any atom is 0.330 e. The summed E-state index contributed by atoms with van der Waals surface area (Å²) >= 11 is 0. The van der Waals surface area contributed by atoms with Crippen LogP contribution < -0.4 is 16.6 Å². The zero-order valence-corrected chi connectivity index (χ0v) is 6.24. The third-order valence-corrected chi connectivity index (χ3v) is 1.22. The van der Waals surface area contributed by atoms with Crippen LogP contribution >= 0.6 is 0 Å². The predicted molar refractivity (Wildman–Crippen MR) is 44.4 cm³/mol. The number of anilines is 1. The lowest BCUT2D eigenvalue weighted by Crippen LogP contribution is -2.34. The minimum Gasteiger partial charge on any atom is -0.506 e. The number of aromatic hydroxyl groups is 1. The summed E-state index contributed by atoms with van der Waals surface area (Å²) < 4.78 is 0. The first-order chi connectivity index (χ1) is 5.70. The Kier molecular flexibility index (Phi) is 2.37. The van der Waals surface area contributed by atoms with Crippen LogP contribution in [-0.4, -0.2) is 11.1 Å². The lowest BCUT2D eigenvalue weighted by atomic mass is 10.3. The van der Waals surface area contributed by atoms with Gasteiger partial charge in [0.05, 0.1) is 5.69 Å². The van der Waals surface area contributed by atoms with E-state index in [4.69, 9.17) is 10.8 Å². The highest BCUT2D eigenvalue weighted by molar-refractivity contribution is 5.74. The molecule has 0 aliphatic rings. The van der Waals surface area contributed by atoms with Gasteiger partial charge >= 0.3 is 6.03 Å². The number of carbonyl (C=O) groups excluding carboxylic acids is 1. The highest BCUT2D eigenvalue weighted by Crippen LogP contribution is 2.19. The Morgan fingerprint density at radius 1 is 1.42 bits per heavy atom. The summed E-state index contributed by atoms with van der Waals surface area (Å²) in [6.07, 6.45) is 0. The fourth-order valence-corrected chi connectivity index (χ4v) is 0.708. The molecule has 12 heavy (non-hydrogen) atoms. The standard InChI is InChI=1S/C7H9N3O2/c8-7(12)10-9-5-3-1-2-4-6(5)11/h1-4,9,11H,(H3,8,10,12). The largest absolute Gasteiger partial charge is 0.506 e. The topological polar surface area (TPSA) is 87.4 Å². The van der Waals surface area contributed by atoms with Crippen molar-refractivity contribution in [1.82, 2.24) is 5.43 Å². The molecule has 0 saturated heterocycles. The number of hydrogen-bond acceptors (Lipinski definition) is 3. The van der Waals surface area contributed by atoms with Crippen LogP contribution in [0.15, 0.2) is 24.3 Å². The van der Waals surface area contributed by atoms with Crippen LogP contribution in [0.5, 0.6) is 5.75 Å². The second-order valence-electron chi connectivity index (χ2n) is 2.13. The van der Waals surface area contributed by atoms with E-state index in [1.807, 2.05) is 0 Å². The van der Waals surface area contributed by atoms with Crippen LogP contribution in [0.4, 0.5) is 10.5 Å². The maximum atomic E-state index is 10.3. The van der Waals surface area contributed by atoms with Gasteiger partial charge in [-0.1, -0.05) is 12.1 Å². The average molecular weight is 167 g/mol. The number of carbonyl (C=O) groups is 1. The van der Waals surface area contributed by atoms with Gasteiger partial charge in [-0.2, -0.15) is 0 Å². The Morgan fingerprint density at radius 2 is 2.08 bits per heavy atom. The first-order valence-electron chi connectivity index (χ1n) is 3.29. The van der Waals surface area contributed by atoms with Gasteiger partial charge in [0, 0.05) is 0 Å². The maximum absolute atomic E-state index is 10.3. The van der Waals surface area contributed by atoms with Gasteiger partial charge in [0.2, 0.25) is 0 Å². The van der Waals surface area contributed by atoms with Crippen molar-refractivity contribution >= 4 is 11.7 Å². The van der Waals surface area contributed by atoms with E-state index < -0.39 is 6.03 Å². The summed E-state index contributed by atoms with van der Waals surface area (Å²) in [5.41, 5.74) is 9.76. The van der Waals surface area contributed by atoms with Crippen LogP contribution in [-0.2, 0) is 0 Å².